The number of aromatic nitrogens is 1. The topological polar surface area (TPSA) is 24.9 Å². The monoisotopic (exact) mass is 268 g/mol. The van der Waals surface area contributed by atoms with Crippen LogP contribution in [0.1, 0.15) is 53.7 Å². The minimum Gasteiger partial charge on any atom is -0.304 e. The normalized spacial score (nSPS) is 14.1. The first-order chi connectivity index (χ1) is 9.49. The molecule has 0 bridgehead atoms. The van der Waals surface area contributed by atoms with E-state index < -0.39 is 0 Å². The molecule has 2 unspecified atom stereocenters. The summed E-state index contributed by atoms with van der Waals surface area (Å²) in [5, 5.41) is 3.67. The molecule has 0 fully saturated rings. The minimum atomic E-state index is 0.291. The summed E-state index contributed by atoms with van der Waals surface area (Å²) in [6.07, 6.45) is 3.74. The molecule has 2 nitrogen and oxygen atoms in total. The Labute approximate surface area is 122 Å². The van der Waals surface area contributed by atoms with Gasteiger partial charge in [0.15, 0.2) is 0 Å². The van der Waals surface area contributed by atoms with Gasteiger partial charge in [-0.15, -0.1) is 0 Å². The van der Waals surface area contributed by atoms with Crippen LogP contribution in [0, 0.1) is 20.8 Å². The van der Waals surface area contributed by atoms with Gasteiger partial charge < -0.3 is 5.32 Å². The summed E-state index contributed by atoms with van der Waals surface area (Å²) in [5.41, 5.74) is 6.69. The Morgan fingerprint density at radius 1 is 1.00 bits per heavy atom. The van der Waals surface area contributed by atoms with Crippen LogP contribution in [0.2, 0.25) is 0 Å². The van der Waals surface area contributed by atoms with Crippen molar-refractivity contribution in [2.45, 2.75) is 46.7 Å². The smallest absolute Gasteiger partial charge is 0.0315 e. The van der Waals surface area contributed by atoms with Gasteiger partial charge in [0.05, 0.1) is 0 Å². The largest absolute Gasteiger partial charge is 0.304 e. The van der Waals surface area contributed by atoms with Crippen LogP contribution < -0.4 is 5.32 Å². The first kappa shape index (κ1) is 14.7. The molecule has 0 saturated carbocycles. The SMILES string of the molecule is Cc1cc(C)c(C(C)NC(C)c2cccnc2)c(C)c1. The Morgan fingerprint density at radius 2 is 1.65 bits per heavy atom. The maximum Gasteiger partial charge on any atom is 0.0315 e. The Balaban J connectivity index is 2.19. The Hall–Kier alpha value is -1.67. The summed E-state index contributed by atoms with van der Waals surface area (Å²) in [5.74, 6) is 0. The zero-order valence-electron chi connectivity index (χ0n) is 13.1. The van der Waals surface area contributed by atoms with Crippen LogP contribution >= 0.6 is 0 Å². The highest BCUT2D eigenvalue weighted by Gasteiger charge is 2.15. The van der Waals surface area contributed by atoms with Crippen LogP contribution in [0.3, 0.4) is 0 Å². The van der Waals surface area contributed by atoms with E-state index in [9.17, 15) is 0 Å². The lowest BCUT2D eigenvalue weighted by molar-refractivity contribution is 0.490. The maximum absolute atomic E-state index is 4.19. The Morgan fingerprint density at radius 3 is 2.20 bits per heavy atom. The molecule has 0 aliphatic heterocycles. The van der Waals surface area contributed by atoms with Crippen LogP contribution in [0.15, 0.2) is 36.7 Å². The van der Waals surface area contributed by atoms with Crippen molar-refractivity contribution >= 4 is 0 Å². The summed E-state index contributed by atoms with van der Waals surface area (Å²) in [6, 6.07) is 9.24. The summed E-state index contributed by atoms with van der Waals surface area (Å²) in [4.78, 5) is 4.19. The molecule has 2 rings (SSSR count). The number of nitrogens with one attached hydrogen (secondary N) is 1. The van der Waals surface area contributed by atoms with Gasteiger partial charge in [0.1, 0.15) is 0 Å². The molecule has 0 spiro atoms. The van der Waals surface area contributed by atoms with Crippen LogP contribution in [0.4, 0.5) is 0 Å². The van der Waals surface area contributed by atoms with Crippen molar-refractivity contribution in [2.75, 3.05) is 0 Å². The predicted molar refractivity (Wildman–Crippen MR) is 84.9 cm³/mol. The number of pyridine rings is 1. The molecular formula is C18H24N2. The summed E-state index contributed by atoms with van der Waals surface area (Å²) >= 11 is 0. The molecule has 0 radical (unpaired) electrons. The third-order valence-corrected chi connectivity index (χ3v) is 3.86. The number of benzene rings is 1. The fourth-order valence-electron chi connectivity index (χ4n) is 3.06. The van der Waals surface area contributed by atoms with E-state index in [-0.39, 0.29) is 0 Å². The second-order valence-corrected chi connectivity index (χ2v) is 5.71. The maximum atomic E-state index is 4.19. The second-order valence-electron chi connectivity index (χ2n) is 5.71. The molecule has 2 aromatic rings. The van der Waals surface area contributed by atoms with Crippen LogP contribution in [0.5, 0.6) is 0 Å². The van der Waals surface area contributed by atoms with Crippen molar-refractivity contribution in [3.63, 3.8) is 0 Å². The zero-order chi connectivity index (χ0) is 14.7. The van der Waals surface area contributed by atoms with E-state index in [0.717, 1.165) is 0 Å². The molecule has 2 atom stereocenters. The van der Waals surface area contributed by atoms with E-state index in [1.807, 2.05) is 18.5 Å². The molecule has 1 aromatic carbocycles. The van der Waals surface area contributed by atoms with Gasteiger partial charge in [-0.25, -0.2) is 0 Å². The molecule has 0 aliphatic rings. The number of hydrogen-bond acceptors (Lipinski definition) is 2. The van der Waals surface area contributed by atoms with E-state index in [4.69, 9.17) is 0 Å². The highest BCUT2D eigenvalue weighted by molar-refractivity contribution is 5.39. The number of rotatable bonds is 4. The molecule has 2 heteroatoms. The predicted octanol–water partition coefficient (Wildman–Crippen LogP) is 4.42. The van der Waals surface area contributed by atoms with E-state index >= 15 is 0 Å². The molecular weight excluding hydrogens is 244 g/mol. The summed E-state index contributed by atoms with van der Waals surface area (Å²) in [6.45, 7) is 11.0. The lowest BCUT2D eigenvalue weighted by atomic mass is 9.94. The van der Waals surface area contributed by atoms with Crippen LogP contribution in [-0.2, 0) is 0 Å². The number of nitrogens with zero attached hydrogens (tertiary/aromatic N) is 1. The summed E-state index contributed by atoms with van der Waals surface area (Å²) < 4.78 is 0. The molecule has 0 amide bonds. The number of hydrogen-bond donors (Lipinski definition) is 1. The van der Waals surface area contributed by atoms with Crippen LogP contribution in [-0.4, -0.2) is 4.98 Å². The van der Waals surface area contributed by atoms with Crippen molar-refractivity contribution in [3.05, 3.63) is 64.5 Å². The molecule has 0 aliphatic carbocycles. The van der Waals surface area contributed by atoms with Gasteiger partial charge in [0.2, 0.25) is 0 Å². The first-order valence-electron chi connectivity index (χ1n) is 7.22. The molecule has 20 heavy (non-hydrogen) atoms. The second kappa shape index (κ2) is 6.19. The fourth-order valence-corrected chi connectivity index (χ4v) is 3.06. The molecule has 1 heterocycles. The molecule has 1 aromatic heterocycles. The van der Waals surface area contributed by atoms with Gasteiger partial charge in [-0.05, 0) is 62.9 Å². The third-order valence-electron chi connectivity index (χ3n) is 3.86. The van der Waals surface area contributed by atoms with E-state index in [1.165, 1.54) is 27.8 Å². The first-order valence-corrected chi connectivity index (χ1v) is 7.22. The quantitative estimate of drug-likeness (QED) is 0.888. The van der Waals surface area contributed by atoms with E-state index in [2.05, 4.69) is 63.1 Å². The molecule has 0 saturated heterocycles. The van der Waals surface area contributed by atoms with Gasteiger partial charge in [0, 0.05) is 24.5 Å². The average molecular weight is 268 g/mol. The zero-order valence-corrected chi connectivity index (χ0v) is 13.1. The molecule has 1 N–H and O–H groups in total. The van der Waals surface area contributed by atoms with Crippen molar-refractivity contribution in [2.24, 2.45) is 0 Å². The summed E-state index contributed by atoms with van der Waals surface area (Å²) in [7, 11) is 0. The van der Waals surface area contributed by atoms with E-state index in [0.29, 0.717) is 12.1 Å². The Kier molecular flexibility index (Phi) is 4.56. The van der Waals surface area contributed by atoms with Crippen molar-refractivity contribution in [1.29, 1.82) is 0 Å². The fraction of sp³-hybridized carbons (Fsp3) is 0.389. The van der Waals surface area contributed by atoms with Crippen molar-refractivity contribution in [1.82, 2.24) is 10.3 Å². The van der Waals surface area contributed by atoms with Gasteiger partial charge in [-0.2, -0.15) is 0 Å². The average Bonchev–Trinajstić information content (AvgIpc) is 2.38. The van der Waals surface area contributed by atoms with Crippen molar-refractivity contribution < 1.29 is 0 Å². The highest BCUT2D eigenvalue weighted by atomic mass is 14.9. The lowest BCUT2D eigenvalue weighted by Crippen LogP contribution is -2.24. The van der Waals surface area contributed by atoms with Gasteiger partial charge in [0.25, 0.3) is 0 Å². The van der Waals surface area contributed by atoms with Gasteiger partial charge in [-0.1, -0.05) is 23.8 Å². The lowest BCUT2D eigenvalue weighted by Gasteiger charge is -2.24. The number of aryl methyl sites for hydroxylation is 3. The standard InChI is InChI=1S/C18H24N2/c1-12-9-13(2)18(14(3)10-12)16(5)20-15(4)17-7-6-8-19-11-17/h6-11,15-16,20H,1-5H3. The third kappa shape index (κ3) is 3.26. The van der Waals surface area contributed by atoms with E-state index in [1.54, 1.807) is 0 Å². The minimum absolute atomic E-state index is 0.291. The van der Waals surface area contributed by atoms with Gasteiger partial charge in [-0.3, -0.25) is 4.98 Å². The molecule has 106 valence electrons. The Bertz CT molecular complexity index is 552. The highest BCUT2D eigenvalue weighted by Crippen LogP contribution is 2.25. The van der Waals surface area contributed by atoms with Crippen LogP contribution in [0.25, 0.3) is 0 Å². The van der Waals surface area contributed by atoms with Gasteiger partial charge >= 0.3 is 0 Å². The van der Waals surface area contributed by atoms with Crippen molar-refractivity contribution in [3.8, 4) is 0 Å².